The van der Waals surface area contributed by atoms with E-state index < -0.39 is 5.97 Å². The highest BCUT2D eigenvalue weighted by Gasteiger charge is 2.13. The van der Waals surface area contributed by atoms with Crippen molar-refractivity contribution in [1.82, 2.24) is 9.97 Å². The molecule has 0 aliphatic rings. The Balaban J connectivity index is 2.49. The maximum absolute atomic E-state index is 11.2. The largest absolute Gasteiger partial charge is 0.478 e. The van der Waals surface area contributed by atoms with E-state index in [9.17, 15) is 9.90 Å². The first-order chi connectivity index (χ1) is 9.67. The molecule has 20 heavy (non-hydrogen) atoms. The minimum atomic E-state index is -0.970. The predicted octanol–water partition coefficient (Wildman–Crippen LogP) is 3.53. The monoisotopic (exact) mass is 266 g/mol. The van der Waals surface area contributed by atoms with Crippen LogP contribution >= 0.6 is 0 Å². The van der Waals surface area contributed by atoms with Crippen LogP contribution in [0.4, 0.5) is 0 Å². The third-order valence-electron chi connectivity index (χ3n) is 2.81. The highest BCUT2D eigenvalue weighted by molar-refractivity contribution is 5.95. The molecule has 2 N–H and O–H groups in total. The summed E-state index contributed by atoms with van der Waals surface area (Å²) < 4.78 is 0. The summed E-state index contributed by atoms with van der Waals surface area (Å²) in [5.74, 6) is -0.350. The molecule has 0 unspecified atom stereocenters. The number of aromatic carboxylic acids is 1. The second kappa shape index (κ2) is 5.84. The number of imidazole rings is 1. The number of carbonyl (C=O) groups is 1. The van der Waals surface area contributed by atoms with E-state index in [1.807, 2.05) is 0 Å². The van der Waals surface area contributed by atoms with Crippen molar-refractivity contribution in [3.63, 3.8) is 0 Å². The van der Waals surface area contributed by atoms with E-state index >= 15 is 0 Å². The molecule has 0 saturated carbocycles. The van der Waals surface area contributed by atoms with Gasteiger partial charge in [-0.05, 0) is 6.07 Å². The Labute approximate surface area is 116 Å². The molecule has 1 aromatic heterocycles. The van der Waals surface area contributed by atoms with Gasteiger partial charge in [-0.2, -0.15) is 0 Å². The topological polar surface area (TPSA) is 66.0 Å². The van der Waals surface area contributed by atoms with Crippen molar-refractivity contribution in [1.29, 1.82) is 0 Å². The highest BCUT2D eigenvalue weighted by Crippen LogP contribution is 2.24. The van der Waals surface area contributed by atoms with Crippen molar-refractivity contribution < 1.29 is 9.90 Å². The van der Waals surface area contributed by atoms with E-state index in [1.54, 1.807) is 48.7 Å². The second-order valence-corrected chi connectivity index (χ2v) is 4.06. The number of allylic oxidation sites excluding steroid dienone is 4. The number of rotatable bonds is 5. The van der Waals surface area contributed by atoms with Gasteiger partial charge in [-0.3, -0.25) is 0 Å². The van der Waals surface area contributed by atoms with Crippen molar-refractivity contribution in [2.24, 2.45) is 0 Å². The minimum Gasteiger partial charge on any atom is -0.478 e. The molecular weight excluding hydrogens is 252 g/mol. The summed E-state index contributed by atoms with van der Waals surface area (Å²) in [6.45, 7) is 7.35. The van der Waals surface area contributed by atoms with Gasteiger partial charge in [-0.15, -0.1) is 0 Å². The maximum Gasteiger partial charge on any atom is 0.336 e. The Morgan fingerprint density at radius 3 is 2.70 bits per heavy atom. The van der Waals surface area contributed by atoms with E-state index in [0.29, 0.717) is 17.1 Å². The Morgan fingerprint density at radius 2 is 2.05 bits per heavy atom. The van der Waals surface area contributed by atoms with Crippen LogP contribution in [0.25, 0.3) is 16.8 Å². The molecule has 4 nitrogen and oxygen atoms in total. The molecule has 0 amide bonds. The van der Waals surface area contributed by atoms with Crippen LogP contribution in [-0.2, 0) is 0 Å². The number of nitrogens with one attached hydrogen (secondary N) is 1. The average molecular weight is 266 g/mol. The molecule has 0 atom stereocenters. The zero-order valence-electron chi connectivity index (χ0n) is 10.8. The Morgan fingerprint density at radius 1 is 1.30 bits per heavy atom. The molecule has 0 saturated heterocycles. The van der Waals surface area contributed by atoms with E-state index in [4.69, 9.17) is 0 Å². The number of carboxylic acids is 1. The summed E-state index contributed by atoms with van der Waals surface area (Å²) in [6.07, 6.45) is 6.69. The van der Waals surface area contributed by atoms with Crippen LogP contribution in [0.3, 0.4) is 0 Å². The normalized spacial score (nSPS) is 11.1. The van der Waals surface area contributed by atoms with Crippen LogP contribution in [0.15, 0.2) is 61.8 Å². The first-order valence-corrected chi connectivity index (χ1v) is 6.00. The zero-order chi connectivity index (χ0) is 14.5. The van der Waals surface area contributed by atoms with Gasteiger partial charge >= 0.3 is 5.97 Å². The standard InChI is InChI=1S/C16H14N2O2/c1-3-7-11(4-2)15-17-10-14(18-15)12-8-5-6-9-13(12)16(19)20/h3-10H,1-2H2,(H,17,18)(H,19,20)/b11-7+. The van der Waals surface area contributed by atoms with Crippen LogP contribution in [-0.4, -0.2) is 21.0 Å². The van der Waals surface area contributed by atoms with Gasteiger partial charge in [0, 0.05) is 11.1 Å². The fourth-order valence-corrected chi connectivity index (χ4v) is 1.88. The summed E-state index contributed by atoms with van der Waals surface area (Å²) >= 11 is 0. The summed E-state index contributed by atoms with van der Waals surface area (Å²) in [5, 5.41) is 9.20. The van der Waals surface area contributed by atoms with E-state index in [0.717, 1.165) is 5.57 Å². The maximum atomic E-state index is 11.2. The number of aromatic nitrogens is 2. The molecule has 4 heteroatoms. The van der Waals surface area contributed by atoms with Crippen molar-refractivity contribution in [3.8, 4) is 11.3 Å². The number of aromatic amines is 1. The highest BCUT2D eigenvalue weighted by atomic mass is 16.4. The predicted molar refractivity (Wildman–Crippen MR) is 79.4 cm³/mol. The SMILES string of the molecule is C=C/C=C(\C=C)c1ncc(-c2ccccc2C(=O)O)[nH]1. The van der Waals surface area contributed by atoms with Gasteiger partial charge in [-0.1, -0.05) is 49.6 Å². The Hall–Kier alpha value is -2.88. The lowest BCUT2D eigenvalue weighted by Gasteiger charge is -2.03. The van der Waals surface area contributed by atoms with Crippen molar-refractivity contribution in [2.45, 2.75) is 0 Å². The summed E-state index contributed by atoms with van der Waals surface area (Å²) in [4.78, 5) is 18.6. The summed E-state index contributed by atoms with van der Waals surface area (Å²) in [5.41, 5.74) is 2.27. The molecule has 1 aromatic carbocycles. The van der Waals surface area contributed by atoms with E-state index in [-0.39, 0.29) is 5.56 Å². The Bertz CT molecular complexity index is 696. The number of hydrogen-bond acceptors (Lipinski definition) is 2. The van der Waals surface area contributed by atoms with Crippen molar-refractivity contribution >= 4 is 11.5 Å². The number of nitrogens with zero attached hydrogens (tertiary/aromatic N) is 1. The van der Waals surface area contributed by atoms with Crippen LogP contribution in [0.5, 0.6) is 0 Å². The van der Waals surface area contributed by atoms with Gasteiger partial charge in [0.1, 0.15) is 5.82 Å². The van der Waals surface area contributed by atoms with Gasteiger partial charge in [0.05, 0.1) is 17.5 Å². The lowest BCUT2D eigenvalue weighted by molar-refractivity contribution is 0.0697. The van der Waals surface area contributed by atoms with Crippen LogP contribution < -0.4 is 0 Å². The molecule has 0 fully saturated rings. The molecule has 100 valence electrons. The molecule has 0 spiro atoms. The summed E-state index contributed by atoms with van der Waals surface area (Å²) in [7, 11) is 0. The van der Waals surface area contributed by atoms with Gasteiger partial charge in [0.15, 0.2) is 0 Å². The van der Waals surface area contributed by atoms with E-state index in [1.165, 1.54) is 0 Å². The van der Waals surface area contributed by atoms with Gasteiger partial charge in [0.25, 0.3) is 0 Å². The molecule has 0 bridgehead atoms. The van der Waals surface area contributed by atoms with Crippen LogP contribution in [0.1, 0.15) is 16.2 Å². The lowest BCUT2D eigenvalue weighted by Crippen LogP contribution is -1.99. The molecule has 1 heterocycles. The van der Waals surface area contributed by atoms with Crippen molar-refractivity contribution in [2.75, 3.05) is 0 Å². The third-order valence-corrected chi connectivity index (χ3v) is 2.81. The van der Waals surface area contributed by atoms with Crippen molar-refractivity contribution in [3.05, 3.63) is 73.2 Å². The van der Waals surface area contributed by atoms with Gasteiger partial charge in [-0.25, -0.2) is 9.78 Å². The number of hydrogen-bond donors (Lipinski definition) is 2. The van der Waals surface area contributed by atoms with Crippen LogP contribution in [0.2, 0.25) is 0 Å². The molecular formula is C16H14N2O2. The first kappa shape index (κ1) is 13.5. The smallest absolute Gasteiger partial charge is 0.336 e. The van der Waals surface area contributed by atoms with E-state index in [2.05, 4.69) is 23.1 Å². The number of benzene rings is 1. The number of carboxylic acid groups (broad SMARTS) is 1. The third kappa shape index (κ3) is 2.59. The summed E-state index contributed by atoms with van der Waals surface area (Å²) in [6, 6.07) is 6.78. The molecule has 2 aromatic rings. The van der Waals surface area contributed by atoms with Crippen LogP contribution in [0, 0.1) is 0 Å². The minimum absolute atomic E-state index is 0.232. The molecule has 0 radical (unpaired) electrons. The number of H-pyrrole nitrogens is 1. The van der Waals surface area contributed by atoms with Gasteiger partial charge in [0.2, 0.25) is 0 Å². The average Bonchev–Trinajstić information content (AvgIpc) is 2.94. The van der Waals surface area contributed by atoms with Gasteiger partial charge < -0.3 is 10.1 Å². The molecule has 0 aliphatic carbocycles. The second-order valence-electron chi connectivity index (χ2n) is 4.06. The fourth-order valence-electron chi connectivity index (χ4n) is 1.88. The molecule has 2 rings (SSSR count). The molecule has 0 aliphatic heterocycles. The fraction of sp³-hybridized carbons (Fsp3) is 0. The first-order valence-electron chi connectivity index (χ1n) is 6.00. The quantitative estimate of drug-likeness (QED) is 0.813. The zero-order valence-corrected chi connectivity index (χ0v) is 10.8. The lowest BCUT2D eigenvalue weighted by atomic mass is 10.1. The Kier molecular flexibility index (Phi) is 3.96.